The number of carbonyl (C=O) groups excluding carboxylic acids is 1. The number of piperidine rings is 1. The van der Waals surface area contributed by atoms with Gasteiger partial charge in [-0.3, -0.25) is 9.78 Å². The second-order valence-corrected chi connectivity index (χ2v) is 5.34. The van der Waals surface area contributed by atoms with E-state index in [1.165, 1.54) is 0 Å². The van der Waals surface area contributed by atoms with Gasteiger partial charge >= 0.3 is 0 Å². The molecule has 2 unspecified atom stereocenters. The normalized spacial score (nSPS) is 27.0. The Labute approximate surface area is 107 Å². The fourth-order valence-electron chi connectivity index (χ4n) is 3.05. The van der Waals surface area contributed by atoms with Crippen LogP contribution in [-0.4, -0.2) is 42.0 Å². The van der Waals surface area contributed by atoms with Crippen LogP contribution in [0.15, 0.2) is 24.5 Å². The number of likely N-dealkylation sites (tertiary alicyclic amines) is 1. The molecule has 2 fully saturated rings. The van der Waals surface area contributed by atoms with Crippen LogP contribution in [0.4, 0.5) is 0 Å². The minimum atomic E-state index is 0.244. The molecule has 2 aliphatic rings. The maximum absolute atomic E-state index is 12.2. The number of nitrogens with one attached hydrogen (secondary N) is 1. The van der Waals surface area contributed by atoms with E-state index >= 15 is 0 Å². The third-order valence-corrected chi connectivity index (χ3v) is 4.14. The lowest BCUT2D eigenvalue weighted by Crippen LogP contribution is -2.44. The minimum Gasteiger partial charge on any atom is -0.342 e. The highest BCUT2D eigenvalue weighted by Gasteiger charge is 2.34. The van der Waals surface area contributed by atoms with Gasteiger partial charge in [-0.2, -0.15) is 0 Å². The molecule has 0 radical (unpaired) electrons. The van der Waals surface area contributed by atoms with Crippen LogP contribution in [0.2, 0.25) is 0 Å². The van der Waals surface area contributed by atoms with Crippen molar-refractivity contribution in [3.63, 3.8) is 0 Å². The van der Waals surface area contributed by atoms with E-state index < -0.39 is 0 Å². The lowest BCUT2D eigenvalue weighted by molar-refractivity contribution is -0.132. The van der Waals surface area contributed by atoms with Gasteiger partial charge in [0.25, 0.3) is 0 Å². The zero-order valence-corrected chi connectivity index (χ0v) is 10.5. The molecule has 3 rings (SSSR count). The Bertz CT molecular complexity index is 420. The summed E-state index contributed by atoms with van der Waals surface area (Å²) in [5, 5.41) is 3.43. The number of hydrogen-bond acceptors (Lipinski definition) is 3. The fraction of sp³-hybridized carbons (Fsp3) is 0.571. The SMILES string of the molecule is O=C(Cc1cccnc1)N1CCC2CNCC2C1. The third kappa shape index (κ3) is 2.38. The second kappa shape index (κ2) is 5.06. The molecular weight excluding hydrogens is 226 g/mol. The van der Waals surface area contributed by atoms with Gasteiger partial charge in [0.2, 0.25) is 5.91 Å². The van der Waals surface area contributed by atoms with Gasteiger partial charge in [-0.1, -0.05) is 6.07 Å². The van der Waals surface area contributed by atoms with Gasteiger partial charge in [-0.25, -0.2) is 0 Å². The van der Waals surface area contributed by atoms with Crippen molar-refractivity contribution in [1.82, 2.24) is 15.2 Å². The first-order chi connectivity index (χ1) is 8.83. The molecule has 1 amide bonds. The van der Waals surface area contributed by atoms with E-state index in [2.05, 4.69) is 10.3 Å². The molecule has 4 heteroatoms. The van der Waals surface area contributed by atoms with Crippen LogP contribution in [0.25, 0.3) is 0 Å². The number of amides is 1. The lowest BCUT2D eigenvalue weighted by Gasteiger charge is -2.34. The summed E-state index contributed by atoms with van der Waals surface area (Å²) < 4.78 is 0. The van der Waals surface area contributed by atoms with Crippen molar-refractivity contribution < 1.29 is 4.79 Å². The molecule has 18 heavy (non-hydrogen) atoms. The molecule has 0 aliphatic carbocycles. The lowest BCUT2D eigenvalue weighted by atomic mass is 9.88. The standard InChI is InChI=1S/C14H19N3O/c18-14(6-11-2-1-4-15-7-11)17-5-3-12-8-16-9-13(12)10-17/h1-2,4,7,12-13,16H,3,5-6,8-10H2. The number of pyridine rings is 1. The van der Waals surface area contributed by atoms with Crippen molar-refractivity contribution >= 4 is 5.91 Å². The Morgan fingerprint density at radius 1 is 1.44 bits per heavy atom. The first-order valence-corrected chi connectivity index (χ1v) is 6.70. The van der Waals surface area contributed by atoms with E-state index in [-0.39, 0.29) is 5.91 Å². The van der Waals surface area contributed by atoms with Crippen molar-refractivity contribution in [3.8, 4) is 0 Å². The van der Waals surface area contributed by atoms with Gasteiger partial charge < -0.3 is 10.2 Å². The molecule has 2 aliphatic heterocycles. The van der Waals surface area contributed by atoms with Crippen molar-refractivity contribution in [2.24, 2.45) is 11.8 Å². The van der Waals surface area contributed by atoms with Crippen LogP contribution in [0, 0.1) is 11.8 Å². The number of carbonyl (C=O) groups is 1. The molecule has 2 saturated heterocycles. The maximum atomic E-state index is 12.2. The number of nitrogens with zero attached hydrogens (tertiary/aromatic N) is 2. The molecule has 2 atom stereocenters. The summed E-state index contributed by atoms with van der Waals surface area (Å²) in [4.78, 5) is 18.3. The summed E-state index contributed by atoms with van der Waals surface area (Å²) in [6, 6.07) is 3.85. The van der Waals surface area contributed by atoms with Crippen molar-refractivity contribution in [1.29, 1.82) is 0 Å². The van der Waals surface area contributed by atoms with Crippen LogP contribution >= 0.6 is 0 Å². The van der Waals surface area contributed by atoms with Gasteiger partial charge in [0.05, 0.1) is 6.42 Å². The number of rotatable bonds is 2. The molecule has 1 aromatic heterocycles. The van der Waals surface area contributed by atoms with Crippen molar-refractivity contribution in [2.75, 3.05) is 26.2 Å². The van der Waals surface area contributed by atoms with Crippen LogP contribution in [0.5, 0.6) is 0 Å². The highest BCUT2D eigenvalue weighted by Crippen LogP contribution is 2.26. The molecular formula is C14H19N3O. The summed E-state index contributed by atoms with van der Waals surface area (Å²) in [6.07, 6.45) is 5.15. The van der Waals surface area contributed by atoms with Crippen LogP contribution in [0.3, 0.4) is 0 Å². The van der Waals surface area contributed by atoms with E-state index in [1.807, 2.05) is 17.0 Å². The molecule has 1 N–H and O–H groups in total. The Balaban J connectivity index is 1.60. The molecule has 0 spiro atoms. The Morgan fingerprint density at radius 3 is 3.17 bits per heavy atom. The fourth-order valence-corrected chi connectivity index (χ4v) is 3.05. The summed E-state index contributed by atoms with van der Waals surface area (Å²) in [6.45, 7) is 4.05. The topological polar surface area (TPSA) is 45.2 Å². The van der Waals surface area contributed by atoms with Gasteiger partial charge in [0.15, 0.2) is 0 Å². The molecule has 1 aromatic rings. The monoisotopic (exact) mass is 245 g/mol. The van der Waals surface area contributed by atoms with Gasteiger partial charge in [0.1, 0.15) is 0 Å². The van der Waals surface area contributed by atoms with E-state index in [0.717, 1.165) is 44.1 Å². The first kappa shape index (κ1) is 11.7. The van der Waals surface area contributed by atoms with Crippen LogP contribution in [-0.2, 0) is 11.2 Å². The van der Waals surface area contributed by atoms with Crippen LogP contribution in [0.1, 0.15) is 12.0 Å². The largest absolute Gasteiger partial charge is 0.342 e. The zero-order valence-electron chi connectivity index (χ0n) is 10.5. The molecule has 0 bridgehead atoms. The van der Waals surface area contributed by atoms with Crippen molar-refractivity contribution in [2.45, 2.75) is 12.8 Å². The summed E-state index contributed by atoms with van der Waals surface area (Å²) in [5.41, 5.74) is 1.01. The quantitative estimate of drug-likeness (QED) is 0.834. The molecule has 4 nitrogen and oxygen atoms in total. The predicted octanol–water partition coefficient (Wildman–Crippen LogP) is 0.692. The summed E-state index contributed by atoms with van der Waals surface area (Å²) in [5.74, 6) is 1.69. The highest BCUT2D eigenvalue weighted by molar-refractivity contribution is 5.78. The number of aromatic nitrogens is 1. The van der Waals surface area contributed by atoms with E-state index in [9.17, 15) is 4.79 Å². The molecule has 96 valence electrons. The minimum absolute atomic E-state index is 0.244. The number of hydrogen-bond donors (Lipinski definition) is 1. The van der Waals surface area contributed by atoms with Crippen molar-refractivity contribution in [3.05, 3.63) is 30.1 Å². The molecule has 0 saturated carbocycles. The van der Waals surface area contributed by atoms with E-state index in [0.29, 0.717) is 12.3 Å². The van der Waals surface area contributed by atoms with Gasteiger partial charge in [-0.05, 0) is 43.0 Å². The first-order valence-electron chi connectivity index (χ1n) is 6.70. The average Bonchev–Trinajstić information content (AvgIpc) is 2.87. The summed E-state index contributed by atoms with van der Waals surface area (Å²) >= 11 is 0. The Morgan fingerprint density at radius 2 is 2.33 bits per heavy atom. The van der Waals surface area contributed by atoms with Gasteiger partial charge in [0, 0.05) is 25.5 Å². The van der Waals surface area contributed by atoms with E-state index in [1.54, 1.807) is 12.4 Å². The molecule has 3 heterocycles. The molecule has 0 aromatic carbocycles. The zero-order chi connectivity index (χ0) is 12.4. The van der Waals surface area contributed by atoms with Crippen LogP contribution < -0.4 is 5.32 Å². The number of fused-ring (bicyclic) bond motifs is 1. The summed E-state index contributed by atoms with van der Waals surface area (Å²) in [7, 11) is 0. The Kier molecular flexibility index (Phi) is 3.28. The second-order valence-electron chi connectivity index (χ2n) is 5.34. The highest BCUT2D eigenvalue weighted by atomic mass is 16.2. The maximum Gasteiger partial charge on any atom is 0.227 e. The smallest absolute Gasteiger partial charge is 0.227 e. The average molecular weight is 245 g/mol. The predicted molar refractivity (Wildman–Crippen MR) is 69.0 cm³/mol. The Hall–Kier alpha value is -1.42. The third-order valence-electron chi connectivity index (χ3n) is 4.14. The van der Waals surface area contributed by atoms with E-state index in [4.69, 9.17) is 0 Å². The van der Waals surface area contributed by atoms with Gasteiger partial charge in [-0.15, -0.1) is 0 Å².